The highest BCUT2D eigenvalue weighted by Gasteiger charge is 2.25. The minimum Gasteiger partial charge on any atom is -0.491 e. The van der Waals surface area contributed by atoms with Crippen LogP contribution >= 0.6 is 0 Å². The molecule has 20 heavy (non-hydrogen) atoms. The molecule has 0 amide bonds. The fourth-order valence-corrected chi connectivity index (χ4v) is 2.23. The average molecular weight is 271 g/mol. The molecule has 1 aromatic rings. The van der Waals surface area contributed by atoms with Crippen molar-refractivity contribution in [3.05, 3.63) is 40.1 Å². The first-order valence-corrected chi connectivity index (χ1v) is 6.11. The summed E-state index contributed by atoms with van der Waals surface area (Å²) in [5, 5.41) is 0. The zero-order valence-electron chi connectivity index (χ0n) is 11.4. The predicted octanol–water partition coefficient (Wildman–Crippen LogP) is 2.62. The van der Waals surface area contributed by atoms with Crippen LogP contribution < -0.4 is 14.9 Å². The van der Waals surface area contributed by atoms with E-state index in [9.17, 15) is 4.79 Å². The lowest BCUT2D eigenvalue weighted by atomic mass is 10.1. The van der Waals surface area contributed by atoms with Gasteiger partial charge in [-0.15, -0.1) is 0 Å². The van der Waals surface area contributed by atoms with E-state index in [2.05, 4.69) is 4.98 Å². The van der Waals surface area contributed by atoms with E-state index in [0.29, 0.717) is 33.9 Å². The Morgan fingerprint density at radius 3 is 2.50 bits per heavy atom. The molecule has 0 fully saturated rings. The van der Waals surface area contributed by atoms with E-state index in [1.165, 1.54) is 14.2 Å². The van der Waals surface area contributed by atoms with E-state index in [-0.39, 0.29) is 11.2 Å². The number of ether oxygens (including phenoxy) is 2. The number of methoxy groups -OCH3 is 2. The Hall–Kier alpha value is -2.56. The zero-order valence-corrected chi connectivity index (χ0v) is 11.4. The minimum atomic E-state index is -0.252. The molecule has 5 nitrogen and oxygen atoms in total. The van der Waals surface area contributed by atoms with Crippen molar-refractivity contribution in [2.24, 2.45) is 0 Å². The molecular formula is C15H13NO4. The van der Waals surface area contributed by atoms with Crippen molar-refractivity contribution in [3.63, 3.8) is 0 Å². The second-order valence-electron chi connectivity index (χ2n) is 4.38. The van der Waals surface area contributed by atoms with Crippen molar-refractivity contribution in [1.29, 1.82) is 0 Å². The van der Waals surface area contributed by atoms with Gasteiger partial charge in [0.05, 0.1) is 14.2 Å². The minimum absolute atomic E-state index is 0.149. The summed E-state index contributed by atoms with van der Waals surface area (Å²) in [6.45, 7) is 1.69. The quantitative estimate of drug-likeness (QED) is 0.670. The van der Waals surface area contributed by atoms with Crippen molar-refractivity contribution in [2.75, 3.05) is 14.2 Å². The van der Waals surface area contributed by atoms with Gasteiger partial charge in [0.2, 0.25) is 11.2 Å². The van der Waals surface area contributed by atoms with Crippen LogP contribution in [-0.2, 0) is 0 Å². The summed E-state index contributed by atoms with van der Waals surface area (Å²) in [4.78, 5) is 16.8. The van der Waals surface area contributed by atoms with Crippen LogP contribution in [0.1, 0.15) is 5.56 Å². The Morgan fingerprint density at radius 1 is 1.10 bits per heavy atom. The van der Waals surface area contributed by atoms with E-state index >= 15 is 0 Å². The van der Waals surface area contributed by atoms with E-state index in [4.69, 9.17) is 13.9 Å². The van der Waals surface area contributed by atoms with E-state index in [1.54, 1.807) is 6.92 Å². The Bertz CT molecular complexity index is 822. The van der Waals surface area contributed by atoms with Gasteiger partial charge in [0.15, 0.2) is 22.8 Å². The first kappa shape index (κ1) is 12.5. The lowest BCUT2D eigenvalue weighted by Gasteiger charge is -2.15. The molecule has 0 saturated heterocycles. The Kier molecular flexibility index (Phi) is 2.82. The highest BCUT2D eigenvalue weighted by molar-refractivity contribution is 5.80. The first-order valence-electron chi connectivity index (χ1n) is 6.11. The molecule has 0 atom stereocenters. The van der Waals surface area contributed by atoms with E-state index in [1.807, 2.05) is 24.3 Å². The van der Waals surface area contributed by atoms with Crippen LogP contribution in [0.5, 0.6) is 11.5 Å². The maximum absolute atomic E-state index is 12.2. The fourth-order valence-electron chi connectivity index (χ4n) is 2.23. The maximum Gasteiger partial charge on any atom is 0.231 e. The molecule has 0 saturated carbocycles. The molecule has 1 aromatic carbocycles. The van der Waals surface area contributed by atoms with Gasteiger partial charge < -0.3 is 13.9 Å². The number of para-hydroxylation sites is 2. The van der Waals surface area contributed by atoms with Crippen LogP contribution in [0.4, 0.5) is 0 Å². The summed E-state index contributed by atoms with van der Waals surface area (Å²) >= 11 is 0. The van der Waals surface area contributed by atoms with Gasteiger partial charge in [0.25, 0.3) is 0 Å². The number of nitrogens with zero attached hydrogens (tertiary/aromatic N) is 1. The Labute approximate surface area is 115 Å². The summed E-state index contributed by atoms with van der Waals surface area (Å²) in [5.74, 6) is 0.870. The van der Waals surface area contributed by atoms with Crippen LogP contribution in [0.2, 0.25) is 0 Å². The number of rotatable bonds is 2. The van der Waals surface area contributed by atoms with Gasteiger partial charge in [-0.3, -0.25) is 4.79 Å². The predicted molar refractivity (Wildman–Crippen MR) is 74.7 cm³/mol. The number of hydrogen-bond acceptors (Lipinski definition) is 5. The summed E-state index contributed by atoms with van der Waals surface area (Å²) in [6, 6.07) is 7.37. The maximum atomic E-state index is 12.2. The third kappa shape index (κ3) is 1.63. The standard InChI is InChI=1S/C15H13NO4/c1-8-12(17)15(19-3)14(18-2)11-13(8)20-10-7-5-4-6-9(10)16-11/h4-7H,1-3H3. The molecule has 0 bridgehead atoms. The Morgan fingerprint density at radius 2 is 1.80 bits per heavy atom. The molecule has 5 heteroatoms. The van der Waals surface area contributed by atoms with Crippen LogP contribution in [0.15, 0.2) is 33.5 Å². The largest absolute Gasteiger partial charge is 0.491 e. The molecule has 2 aliphatic rings. The van der Waals surface area contributed by atoms with Crippen LogP contribution in [0.25, 0.3) is 22.6 Å². The molecule has 1 heterocycles. The highest BCUT2D eigenvalue weighted by Crippen LogP contribution is 2.39. The number of aromatic nitrogens is 1. The third-order valence-corrected chi connectivity index (χ3v) is 3.24. The summed E-state index contributed by atoms with van der Waals surface area (Å²) in [6.07, 6.45) is 0. The molecule has 1 aliphatic carbocycles. The molecule has 0 radical (unpaired) electrons. The first-order chi connectivity index (χ1) is 9.67. The average Bonchev–Trinajstić information content (AvgIpc) is 2.49. The molecule has 0 spiro atoms. The Balaban J connectivity index is 2.54. The molecular weight excluding hydrogens is 258 g/mol. The van der Waals surface area contributed by atoms with Crippen molar-refractivity contribution >= 4 is 11.1 Å². The summed E-state index contributed by atoms with van der Waals surface area (Å²) in [5.41, 5.74) is 2.00. The number of benzene rings is 2. The summed E-state index contributed by atoms with van der Waals surface area (Å²) in [7, 11) is 2.91. The van der Waals surface area contributed by atoms with Gasteiger partial charge in [-0.05, 0) is 19.1 Å². The van der Waals surface area contributed by atoms with Crippen LogP contribution in [0.3, 0.4) is 0 Å². The lowest BCUT2D eigenvalue weighted by molar-refractivity contribution is 0.350. The topological polar surface area (TPSA) is 61.6 Å². The second kappa shape index (κ2) is 4.52. The van der Waals surface area contributed by atoms with Crippen molar-refractivity contribution in [2.45, 2.75) is 6.92 Å². The molecule has 102 valence electrons. The molecule has 0 unspecified atom stereocenters. The van der Waals surface area contributed by atoms with Gasteiger partial charge in [-0.2, -0.15) is 0 Å². The van der Waals surface area contributed by atoms with E-state index in [0.717, 1.165) is 0 Å². The fraction of sp³-hybridized carbons (Fsp3) is 0.200. The SMILES string of the molecule is COc1c2nc3ccccc3oc-2c(C)c(=O)c1OC. The van der Waals surface area contributed by atoms with Crippen molar-refractivity contribution in [3.8, 4) is 23.0 Å². The third-order valence-electron chi connectivity index (χ3n) is 3.24. The smallest absolute Gasteiger partial charge is 0.231 e. The van der Waals surface area contributed by atoms with Gasteiger partial charge in [0.1, 0.15) is 5.52 Å². The van der Waals surface area contributed by atoms with Gasteiger partial charge >= 0.3 is 0 Å². The zero-order chi connectivity index (χ0) is 14.3. The number of hydrogen-bond donors (Lipinski definition) is 0. The van der Waals surface area contributed by atoms with Crippen LogP contribution in [0, 0.1) is 6.92 Å². The van der Waals surface area contributed by atoms with Crippen molar-refractivity contribution < 1.29 is 13.9 Å². The highest BCUT2D eigenvalue weighted by atomic mass is 16.5. The van der Waals surface area contributed by atoms with Gasteiger partial charge in [-0.25, -0.2) is 4.98 Å². The van der Waals surface area contributed by atoms with E-state index < -0.39 is 0 Å². The molecule has 3 rings (SSSR count). The molecule has 0 aromatic heterocycles. The molecule has 0 N–H and O–H groups in total. The number of fused-ring (bicyclic) bond motifs is 2. The monoisotopic (exact) mass is 271 g/mol. The molecule has 1 aliphatic heterocycles. The van der Waals surface area contributed by atoms with Gasteiger partial charge in [0, 0.05) is 5.56 Å². The van der Waals surface area contributed by atoms with Crippen molar-refractivity contribution in [1.82, 2.24) is 4.98 Å². The normalized spacial score (nSPS) is 10.9. The lowest BCUT2D eigenvalue weighted by Crippen LogP contribution is -2.14. The van der Waals surface area contributed by atoms with Crippen LogP contribution in [-0.4, -0.2) is 19.2 Å². The summed E-state index contributed by atoms with van der Waals surface area (Å²) < 4.78 is 16.2. The second-order valence-corrected chi connectivity index (χ2v) is 4.38. The van der Waals surface area contributed by atoms with Gasteiger partial charge in [-0.1, -0.05) is 12.1 Å².